The molecule has 2 aromatic heterocycles. The van der Waals surface area contributed by atoms with Gasteiger partial charge in [0.1, 0.15) is 30.2 Å². The van der Waals surface area contributed by atoms with Crippen LogP contribution in [-0.2, 0) is 24.0 Å². The molecule has 1 aliphatic rings. The minimum atomic E-state index is -4.41. The van der Waals surface area contributed by atoms with Crippen LogP contribution >= 0.6 is 0 Å². The van der Waals surface area contributed by atoms with E-state index in [1.54, 1.807) is 0 Å². The molecule has 5 N–H and O–H groups in total. The summed E-state index contributed by atoms with van der Waals surface area (Å²) < 4.78 is 38.2. The van der Waals surface area contributed by atoms with Crippen LogP contribution in [0.25, 0.3) is 11.2 Å². The summed E-state index contributed by atoms with van der Waals surface area (Å²) in [4.78, 5) is 24.1. The SMILES string of the molecule is CCCCCCCCCCCCCC(=O)NS(=O)(=O)OC[C@H]1O[C@@H](n2cnc3c(N)ncnc32)[C@H](O)[C@@H]1O. The Kier molecular flexibility index (Phi) is 11.6. The highest BCUT2D eigenvalue weighted by Crippen LogP contribution is 2.32. The van der Waals surface area contributed by atoms with Crippen molar-refractivity contribution in [2.45, 2.75) is 109 Å². The van der Waals surface area contributed by atoms with E-state index in [1.807, 2.05) is 4.72 Å². The van der Waals surface area contributed by atoms with Crippen molar-refractivity contribution in [3.8, 4) is 0 Å². The van der Waals surface area contributed by atoms with E-state index in [0.29, 0.717) is 11.9 Å². The number of aliphatic hydroxyl groups excluding tert-OH is 2. The molecule has 1 fully saturated rings. The van der Waals surface area contributed by atoms with E-state index in [4.69, 9.17) is 14.7 Å². The molecule has 0 unspecified atom stereocenters. The number of hydrogen-bond donors (Lipinski definition) is 4. The highest BCUT2D eigenvalue weighted by Gasteiger charge is 2.45. The van der Waals surface area contributed by atoms with E-state index < -0.39 is 47.4 Å². The summed E-state index contributed by atoms with van der Waals surface area (Å²) in [6, 6.07) is 0. The van der Waals surface area contributed by atoms with Crippen molar-refractivity contribution in [3.05, 3.63) is 12.7 Å². The Bertz CT molecular complexity index is 1130. The van der Waals surface area contributed by atoms with E-state index >= 15 is 0 Å². The maximum atomic E-state index is 12.2. The van der Waals surface area contributed by atoms with Crippen molar-refractivity contribution in [2.24, 2.45) is 0 Å². The molecular weight excluding hydrogens is 516 g/mol. The maximum absolute atomic E-state index is 12.2. The normalized spacial score (nSPS) is 21.8. The summed E-state index contributed by atoms with van der Waals surface area (Å²) in [6.07, 6.45) is 9.85. The quantitative estimate of drug-likeness (QED) is 0.209. The van der Waals surface area contributed by atoms with Crippen LogP contribution < -0.4 is 10.5 Å². The van der Waals surface area contributed by atoms with Crippen molar-refractivity contribution in [1.82, 2.24) is 24.2 Å². The first-order valence-corrected chi connectivity index (χ1v) is 14.8. The van der Waals surface area contributed by atoms with Gasteiger partial charge in [-0.2, -0.15) is 8.42 Å². The summed E-state index contributed by atoms with van der Waals surface area (Å²) in [7, 11) is -4.41. The smallest absolute Gasteiger partial charge is 0.362 e. The summed E-state index contributed by atoms with van der Waals surface area (Å²) in [5.74, 6) is -0.523. The van der Waals surface area contributed by atoms with Crippen molar-refractivity contribution < 1.29 is 32.3 Å². The third-order valence-corrected chi connectivity index (χ3v) is 7.56. The van der Waals surface area contributed by atoms with Gasteiger partial charge in [0.05, 0.1) is 12.9 Å². The lowest BCUT2D eigenvalue weighted by atomic mass is 10.1. The number of carbonyl (C=O) groups excluding carboxylic acids is 1. The molecule has 3 rings (SSSR count). The molecule has 1 amide bonds. The molecule has 14 heteroatoms. The van der Waals surface area contributed by atoms with Crippen LogP contribution in [0.5, 0.6) is 0 Å². The number of unbranched alkanes of at least 4 members (excludes halogenated alkanes) is 10. The maximum Gasteiger partial charge on any atom is 0.362 e. The van der Waals surface area contributed by atoms with Gasteiger partial charge in [-0.15, -0.1) is 0 Å². The highest BCUT2D eigenvalue weighted by molar-refractivity contribution is 7.85. The summed E-state index contributed by atoms with van der Waals surface area (Å²) >= 11 is 0. The van der Waals surface area contributed by atoms with Gasteiger partial charge < -0.3 is 20.7 Å². The number of aromatic nitrogens is 4. The second kappa shape index (κ2) is 14.7. The molecule has 4 atom stereocenters. The lowest BCUT2D eigenvalue weighted by molar-refractivity contribution is -0.119. The van der Waals surface area contributed by atoms with Crippen molar-refractivity contribution in [3.63, 3.8) is 0 Å². The summed E-state index contributed by atoms with van der Waals surface area (Å²) in [5, 5.41) is 20.8. The van der Waals surface area contributed by atoms with E-state index in [-0.39, 0.29) is 17.9 Å². The molecule has 1 saturated heterocycles. The van der Waals surface area contributed by atoms with E-state index in [2.05, 4.69) is 21.9 Å². The highest BCUT2D eigenvalue weighted by atomic mass is 32.2. The predicted octanol–water partition coefficient (Wildman–Crippen LogP) is 2.11. The van der Waals surface area contributed by atoms with Gasteiger partial charge in [-0.3, -0.25) is 13.5 Å². The van der Waals surface area contributed by atoms with Crippen LogP contribution in [0.15, 0.2) is 12.7 Å². The zero-order valence-electron chi connectivity index (χ0n) is 21.9. The zero-order chi connectivity index (χ0) is 27.5. The lowest BCUT2D eigenvalue weighted by Crippen LogP contribution is -2.37. The molecule has 0 aliphatic carbocycles. The molecule has 0 bridgehead atoms. The fourth-order valence-corrected chi connectivity index (χ4v) is 5.23. The van der Waals surface area contributed by atoms with Gasteiger partial charge in [-0.1, -0.05) is 71.1 Å². The minimum Gasteiger partial charge on any atom is -0.387 e. The Balaban J connectivity index is 1.35. The molecule has 0 spiro atoms. The molecule has 3 heterocycles. The lowest BCUT2D eigenvalue weighted by Gasteiger charge is -2.16. The van der Waals surface area contributed by atoms with Crippen LogP contribution in [0.4, 0.5) is 5.82 Å². The van der Waals surface area contributed by atoms with E-state index in [0.717, 1.165) is 19.3 Å². The van der Waals surface area contributed by atoms with Crippen molar-refractivity contribution >= 4 is 33.2 Å². The second-order valence-corrected chi connectivity index (χ2v) is 11.0. The van der Waals surface area contributed by atoms with E-state index in [1.165, 1.54) is 62.2 Å². The fourth-order valence-electron chi connectivity index (χ4n) is 4.48. The van der Waals surface area contributed by atoms with Crippen LogP contribution in [0, 0.1) is 0 Å². The number of amides is 1. The van der Waals surface area contributed by atoms with Gasteiger partial charge in [0, 0.05) is 6.42 Å². The molecule has 38 heavy (non-hydrogen) atoms. The number of nitrogens with zero attached hydrogens (tertiary/aromatic N) is 4. The third-order valence-electron chi connectivity index (χ3n) is 6.63. The van der Waals surface area contributed by atoms with Gasteiger partial charge in [0.15, 0.2) is 17.7 Å². The van der Waals surface area contributed by atoms with Crippen molar-refractivity contribution in [1.29, 1.82) is 0 Å². The third kappa shape index (κ3) is 8.56. The first-order chi connectivity index (χ1) is 18.2. The number of carbonyl (C=O) groups is 1. The number of anilines is 1. The molecule has 0 radical (unpaired) electrons. The van der Waals surface area contributed by atoms with Crippen LogP contribution in [0.2, 0.25) is 0 Å². The van der Waals surface area contributed by atoms with Crippen LogP contribution in [0.1, 0.15) is 90.2 Å². The van der Waals surface area contributed by atoms with Gasteiger partial charge in [0.25, 0.3) is 0 Å². The molecule has 1 aliphatic heterocycles. The largest absolute Gasteiger partial charge is 0.387 e. The number of aliphatic hydroxyl groups is 2. The Hall–Kier alpha value is -2.39. The summed E-state index contributed by atoms with van der Waals surface area (Å²) in [5.41, 5.74) is 6.34. The molecule has 0 saturated carbocycles. The Morgan fingerprint density at radius 2 is 1.66 bits per heavy atom. The number of nitrogens with one attached hydrogen (secondary N) is 1. The molecular formula is C24H40N6O7S. The molecule has 2 aromatic rings. The predicted molar refractivity (Wildman–Crippen MR) is 140 cm³/mol. The number of nitrogen functional groups attached to an aromatic ring is 1. The van der Waals surface area contributed by atoms with Gasteiger partial charge in [0.2, 0.25) is 5.91 Å². The number of ether oxygens (including phenoxy) is 1. The van der Waals surface area contributed by atoms with Gasteiger partial charge >= 0.3 is 10.3 Å². The molecule has 0 aromatic carbocycles. The average molecular weight is 557 g/mol. The number of nitrogens with two attached hydrogens (primary N) is 1. The van der Waals surface area contributed by atoms with Crippen molar-refractivity contribution in [2.75, 3.05) is 12.3 Å². The average Bonchev–Trinajstić information content (AvgIpc) is 3.43. The number of rotatable bonds is 17. The van der Waals surface area contributed by atoms with E-state index in [9.17, 15) is 23.4 Å². The summed E-state index contributed by atoms with van der Waals surface area (Å²) in [6.45, 7) is 1.60. The van der Waals surface area contributed by atoms with Gasteiger partial charge in [-0.05, 0) is 6.42 Å². The first-order valence-electron chi connectivity index (χ1n) is 13.4. The Morgan fingerprint density at radius 1 is 1.03 bits per heavy atom. The van der Waals surface area contributed by atoms with Gasteiger partial charge in [-0.25, -0.2) is 19.7 Å². The number of hydrogen-bond acceptors (Lipinski definition) is 11. The molecule has 214 valence electrons. The number of fused-ring (bicyclic) bond motifs is 1. The zero-order valence-corrected chi connectivity index (χ0v) is 22.7. The fraction of sp³-hybridized carbons (Fsp3) is 0.750. The second-order valence-electron chi connectivity index (χ2n) is 9.68. The topological polar surface area (TPSA) is 192 Å². The Morgan fingerprint density at radius 3 is 2.32 bits per heavy atom. The Labute approximate surface area is 223 Å². The number of imidazole rings is 1. The standard InChI is InChI=1S/C24H40N6O7S/c1-2-3-4-5-6-7-8-9-10-11-12-13-18(31)29-38(34,35)36-14-17-20(32)21(33)24(37-17)30-16-28-19-22(25)26-15-27-23(19)30/h15-17,20-21,24,32-33H,2-14H2,1H3,(H,29,31)(H2,25,26,27)/t17-,20-,21-,24-/m1/s1. The molecule has 13 nitrogen and oxygen atoms in total. The first kappa shape index (κ1) is 30.2. The van der Waals surface area contributed by atoms with Crippen LogP contribution in [0.3, 0.4) is 0 Å². The van der Waals surface area contributed by atoms with Crippen LogP contribution in [-0.4, -0.2) is 69.0 Å². The monoisotopic (exact) mass is 556 g/mol. The minimum absolute atomic E-state index is 0.0711.